The summed E-state index contributed by atoms with van der Waals surface area (Å²) in [6, 6.07) is 7.23. The molecule has 0 aromatic heterocycles. The van der Waals surface area contributed by atoms with Crippen molar-refractivity contribution in [2.45, 2.75) is 19.4 Å². The SMILES string of the molecule is CCC(O)c1ccccc1OCC(=O)N(C)C. The van der Waals surface area contributed by atoms with E-state index >= 15 is 0 Å². The number of aliphatic hydroxyl groups is 1. The molecule has 94 valence electrons. The first-order valence-corrected chi connectivity index (χ1v) is 5.66. The predicted octanol–water partition coefficient (Wildman–Crippen LogP) is 1.60. The van der Waals surface area contributed by atoms with Crippen molar-refractivity contribution < 1.29 is 14.6 Å². The summed E-state index contributed by atoms with van der Waals surface area (Å²) >= 11 is 0. The Hall–Kier alpha value is -1.55. The van der Waals surface area contributed by atoms with E-state index in [-0.39, 0.29) is 12.5 Å². The Labute approximate surface area is 102 Å². The van der Waals surface area contributed by atoms with Gasteiger partial charge in [-0.2, -0.15) is 0 Å². The van der Waals surface area contributed by atoms with Crippen molar-refractivity contribution in [1.82, 2.24) is 4.90 Å². The van der Waals surface area contributed by atoms with Crippen LogP contribution in [0.15, 0.2) is 24.3 Å². The quantitative estimate of drug-likeness (QED) is 0.846. The molecule has 0 aliphatic heterocycles. The van der Waals surface area contributed by atoms with Crippen molar-refractivity contribution in [3.05, 3.63) is 29.8 Å². The third kappa shape index (κ3) is 3.75. The van der Waals surface area contributed by atoms with Crippen molar-refractivity contribution in [3.63, 3.8) is 0 Å². The second-order valence-electron chi connectivity index (χ2n) is 4.04. The Kier molecular flexibility index (Phi) is 4.97. The van der Waals surface area contributed by atoms with E-state index in [0.29, 0.717) is 12.2 Å². The van der Waals surface area contributed by atoms with Crippen LogP contribution in [0.1, 0.15) is 25.0 Å². The molecule has 0 saturated heterocycles. The highest BCUT2D eigenvalue weighted by molar-refractivity contribution is 5.77. The fourth-order valence-corrected chi connectivity index (χ4v) is 1.38. The molecule has 4 heteroatoms. The predicted molar refractivity (Wildman–Crippen MR) is 65.9 cm³/mol. The van der Waals surface area contributed by atoms with Crippen LogP contribution in [0.2, 0.25) is 0 Å². The highest BCUT2D eigenvalue weighted by atomic mass is 16.5. The monoisotopic (exact) mass is 237 g/mol. The number of likely N-dealkylation sites (N-methyl/N-ethyl adjacent to an activating group) is 1. The minimum atomic E-state index is -0.555. The molecule has 0 heterocycles. The van der Waals surface area contributed by atoms with Crippen LogP contribution >= 0.6 is 0 Å². The van der Waals surface area contributed by atoms with E-state index in [2.05, 4.69) is 0 Å². The first-order chi connectivity index (χ1) is 8.06. The molecular formula is C13H19NO3. The fraction of sp³-hybridized carbons (Fsp3) is 0.462. The minimum Gasteiger partial charge on any atom is -0.483 e. The molecule has 0 bridgehead atoms. The number of carbonyl (C=O) groups excluding carboxylic acids is 1. The van der Waals surface area contributed by atoms with Gasteiger partial charge >= 0.3 is 0 Å². The molecule has 1 amide bonds. The average Bonchev–Trinajstić information content (AvgIpc) is 2.35. The lowest BCUT2D eigenvalue weighted by atomic mass is 10.1. The van der Waals surface area contributed by atoms with Crippen LogP contribution in [0, 0.1) is 0 Å². The summed E-state index contributed by atoms with van der Waals surface area (Å²) in [4.78, 5) is 12.9. The number of para-hydroxylation sites is 1. The molecule has 0 radical (unpaired) electrons. The summed E-state index contributed by atoms with van der Waals surface area (Å²) in [6.07, 6.45) is 0.0581. The van der Waals surface area contributed by atoms with E-state index in [9.17, 15) is 9.90 Å². The van der Waals surface area contributed by atoms with Gasteiger partial charge in [0.1, 0.15) is 5.75 Å². The second-order valence-corrected chi connectivity index (χ2v) is 4.04. The van der Waals surface area contributed by atoms with E-state index in [1.807, 2.05) is 25.1 Å². The molecule has 1 aromatic carbocycles. The van der Waals surface area contributed by atoms with Crippen molar-refractivity contribution in [3.8, 4) is 5.75 Å². The van der Waals surface area contributed by atoms with Crippen molar-refractivity contribution in [2.75, 3.05) is 20.7 Å². The largest absolute Gasteiger partial charge is 0.483 e. The van der Waals surface area contributed by atoms with Crippen LogP contribution in [-0.2, 0) is 4.79 Å². The molecule has 0 spiro atoms. The van der Waals surface area contributed by atoms with Gasteiger partial charge in [0.25, 0.3) is 5.91 Å². The summed E-state index contributed by atoms with van der Waals surface area (Å²) in [5.41, 5.74) is 0.724. The van der Waals surface area contributed by atoms with E-state index in [4.69, 9.17) is 4.74 Å². The first kappa shape index (κ1) is 13.5. The van der Waals surface area contributed by atoms with Gasteiger partial charge in [0.05, 0.1) is 6.10 Å². The molecular weight excluding hydrogens is 218 g/mol. The van der Waals surface area contributed by atoms with E-state index in [1.54, 1.807) is 20.2 Å². The molecule has 17 heavy (non-hydrogen) atoms. The van der Waals surface area contributed by atoms with Crippen LogP contribution < -0.4 is 4.74 Å². The van der Waals surface area contributed by atoms with Gasteiger partial charge in [0, 0.05) is 19.7 Å². The standard InChI is InChI=1S/C13H19NO3/c1-4-11(15)10-7-5-6-8-12(10)17-9-13(16)14(2)3/h5-8,11,15H,4,9H2,1-3H3. The number of rotatable bonds is 5. The van der Waals surface area contributed by atoms with Gasteiger partial charge in [-0.3, -0.25) is 4.79 Å². The molecule has 0 fully saturated rings. The van der Waals surface area contributed by atoms with Gasteiger partial charge in [-0.25, -0.2) is 0 Å². The molecule has 1 aromatic rings. The van der Waals surface area contributed by atoms with E-state index in [1.165, 1.54) is 4.90 Å². The zero-order valence-electron chi connectivity index (χ0n) is 10.5. The Bertz CT molecular complexity index is 377. The Morgan fingerprint density at radius 1 is 1.41 bits per heavy atom. The number of ether oxygens (including phenoxy) is 1. The molecule has 1 rings (SSSR count). The van der Waals surface area contributed by atoms with Crippen molar-refractivity contribution >= 4 is 5.91 Å². The maximum Gasteiger partial charge on any atom is 0.259 e. The van der Waals surface area contributed by atoms with Crippen LogP contribution in [0.5, 0.6) is 5.75 Å². The summed E-state index contributed by atoms with van der Waals surface area (Å²) in [5.74, 6) is 0.461. The van der Waals surface area contributed by atoms with E-state index < -0.39 is 6.10 Å². The molecule has 1 N–H and O–H groups in total. The Morgan fingerprint density at radius 3 is 2.65 bits per heavy atom. The van der Waals surface area contributed by atoms with Gasteiger partial charge in [-0.1, -0.05) is 25.1 Å². The maximum absolute atomic E-state index is 11.4. The average molecular weight is 237 g/mol. The topological polar surface area (TPSA) is 49.8 Å². The Balaban J connectivity index is 2.74. The lowest BCUT2D eigenvalue weighted by Gasteiger charge is -2.16. The summed E-state index contributed by atoms with van der Waals surface area (Å²) < 4.78 is 5.43. The number of nitrogens with zero attached hydrogens (tertiary/aromatic N) is 1. The smallest absolute Gasteiger partial charge is 0.259 e. The molecule has 0 aliphatic carbocycles. The number of hydrogen-bond donors (Lipinski definition) is 1. The lowest BCUT2D eigenvalue weighted by Crippen LogP contribution is -2.27. The second kappa shape index (κ2) is 6.25. The molecule has 4 nitrogen and oxygen atoms in total. The summed E-state index contributed by atoms with van der Waals surface area (Å²) in [7, 11) is 3.36. The summed E-state index contributed by atoms with van der Waals surface area (Å²) in [6.45, 7) is 1.88. The third-order valence-electron chi connectivity index (χ3n) is 2.51. The lowest BCUT2D eigenvalue weighted by molar-refractivity contribution is -0.130. The molecule has 1 atom stereocenters. The van der Waals surface area contributed by atoms with Gasteiger partial charge in [0.2, 0.25) is 0 Å². The Morgan fingerprint density at radius 2 is 2.06 bits per heavy atom. The number of aliphatic hydroxyl groups excluding tert-OH is 1. The number of amides is 1. The molecule has 0 saturated carbocycles. The van der Waals surface area contributed by atoms with Gasteiger partial charge in [0.15, 0.2) is 6.61 Å². The number of hydrogen-bond acceptors (Lipinski definition) is 3. The molecule has 0 aliphatic rings. The van der Waals surface area contributed by atoms with Crippen LogP contribution in [0.4, 0.5) is 0 Å². The minimum absolute atomic E-state index is 0.0134. The van der Waals surface area contributed by atoms with Gasteiger partial charge in [-0.05, 0) is 12.5 Å². The van der Waals surface area contributed by atoms with Crippen molar-refractivity contribution in [1.29, 1.82) is 0 Å². The van der Waals surface area contributed by atoms with Crippen molar-refractivity contribution in [2.24, 2.45) is 0 Å². The highest BCUT2D eigenvalue weighted by Gasteiger charge is 2.12. The fourth-order valence-electron chi connectivity index (χ4n) is 1.38. The van der Waals surface area contributed by atoms with Crippen LogP contribution in [-0.4, -0.2) is 36.6 Å². The normalized spacial score (nSPS) is 12.0. The van der Waals surface area contributed by atoms with Gasteiger partial charge < -0.3 is 14.7 Å². The van der Waals surface area contributed by atoms with Crippen LogP contribution in [0.25, 0.3) is 0 Å². The summed E-state index contributed by atoms with van der Waals surface area (Å²) in [5, 5.41) is 9.81. The van der Waals surface area contributed by atoms with Crippen LogP contribution in [0.3, 0.4) is 0 Å². The zero-order chi connectivity index (χ0) is 12.8. The number of benzene rings is 1. The number of carbonyl (C=O) groups is 1. The van der Waals surface area contributed by atoms with E-state index in [0.717, 1.165) is 5.56 Å². The highest BCUT2D eigenvalue weighted by Crippen LogP contribution is 2.26. The first-order valence-electron chi connectivity index (χ1n) is 5.66. The third-order valence-corrected chi connectivity index (χ3v) is 2.51. The van der Waals surface area contributed by atoms with Gasteiger partial charge in [-0.15, -0.1) is 0 Å². The maximum atomic E-state index is 11.4. The zero-order valence-corrected chi connectivity index (χ0v) is 10.5. The molecule has 1 unspecified atom stereocenters.